The second-order valence-corrected chi connectivity index (χ2v) is 4.83. The Bertz CT molecular complexity index is 611. The van der Waals surface area contributed by atoms with E-state index in [1.54, 1.807) is 6.07 Å². The Morgan fingerprint density at radius 2 is 2.00 bits per heavy atom. The molecule has 0 aliphatic rings. The van der Waals surface area contributed by atoms with Crippen LogP contribution < -0.4 is 4.74 Å². The highest BCUT2D eigenvalue weighted by Crippen LogP contribution is 2.26. The van der Waals surface area contributed by atoms with Crippen LogP contribution in [0.4, 0.5) is 0 Å². The van der Waals surface area contributed by atoms with Crippen molar-refractivity contribution in [1.82, 2.24) is 9.88 Å². The molecule has 0 bridgehead atoms. The minimum atomic E-state index is -0.979. The molecule has 0 amide bonds. The maximum Gasteiger partial charge on any atom is 0.337 e. The van der Waals surface area contributed by atoms with Crippen molar-refractivity contribution in [3.8, 4) is 5.88 Å². The number of ether oxygens (including phenoxy) is 1. The number of aromatic carboxylic acids is 1. The van der Waals surface area contributed by atoms with E-state index in [1.807, 2.05) is 32.3 Å². The molecule has 0 saturated heterocycles. The Kier molecular flexibility index (Phi) is 4.53. The second kappa shape index (κ2) is 6.34. The third-order valence-electron chi connectivity index (χ3n) is 2.98. The minimum Gasteiger partial charge on any atom is -0.478 e. The fraction of sp³-hybridized carbons (Fsp3) is 0.333. The first kappa shape index (κ1) is 14.3. The standard InChI is InChI=1S/C15H18N2O3/c1-17(2)8-5-9-20-14-12-7-4-3-6-11(12)13(10-16-14)15(18)19/h3-4,6-7,10H,5,8-9H2,1-2H3,(H,18,19). The smallest absolute Gasteiger partial charge is 0.337 e. The van der Waals surface area contributed by atoms with E-state index in [1.165, 1.54) is 6.20 Å². The van der Waals surface area contributed by atoms with Crippen LogP contribution in [0.15, 0.2) is 30.5 Å². The molecule has 106 valence electrons. The van der Waals surface area contributed by atoms with Crippen molar-refractivity contribution in [2.75, 3.05) is 27.2 Å². The summed E-state index contributed by atoms with van der Waals surface area (Å²) in [6, 6.07) is 7.26. The fourth-order valence-electron chi connectivity index (χ4n) is 2.00. The molecular formula is C15H18N2O3. The van der Waals surface area contributed by atoms with Crippen LogP contribution in [0, 0.1) is 0 Å². The van der Waals surface area contributed by atoms with Gasteiger partial charge < -0.3 is 14.7 Å². The van der Waals surface area contributed by atoms with Crippen LogP contribution in [0.1, 0.15) is 16.8 Å². The lowest BCUT2D eigenvalue weighted by Crippen LogP contribution is -2.15. The first-order valence-electron chi connectivity index (χ1n) is 6.48. The van der Waals surface area contributed by atoms with Gasteiger partial charge in [0, 0.05) is 23.5 Å². The monoisotopic (exact) mass is 274 g/mol. The first-order valence-corrected chi connectivity index (χ1v) is 6.48. The van der Waals surface area contributed by atoms with Crippen LogP contribution in [0.5, 0.6) is 5.88 Å². The number of pyridine rings is 1. The zero-order valence-corrected chi connectivity index (χ0v) is 11.7. The van der Waals surface area contributed by atoms with Gasteiger partial charge in [-0.3, -0.25) is 0 Å². The summed E-state index contributed by atoms with van der Waals surface area (Å²) in [4.78, 5) is 17.4. The van der Waals surface area contributed by atoms with Crippen molar-refractivity contribution in [1.29, 1.82) is 0 Å². The molecule has 0 saturated carbocycles. The molecule has 1 heterocycles. The van der Waals surface area contributed by atoms with Crippen molar-refractivity contribution >= 4 is 16.7 Å². The highest BCUT2D eigenvalue weighted by atomic mass is 16.5. The van der Waals surface area contributed by atoms with E-state index >= 15 is 0 Å². The Hall–Kier alpha value is -2.14. The van der Waals surface area contributed by atoms with E-state index in [0.29, 0.717) is 17.9 Å². The van der Waals surface area contributed by atoms with E-state index in [2.05, 4.69) is 9.88 Å². The zero-order valence-electron chi connectivity index (χ0n) is 11.7. The molecule has 1 N–H and O–H groups in total. The molecule has 0 aliphatic heterocycles. The van der Waals surface area contributed by atoms with Crippen LogP contribution in [0.2, 0.25) is 0 Å². The second-order valence-electron chi connectivity index (χ2n) is 4.83. The summed E-state index contributed by atoms with van der Waals surface area (Å²) in [5.74, 6) is -0.489. The van der Waals surface area contributed by atoms with Crippen LogP contribution in [-0.2, 0) is 0 Å². The third kappa shape index (κ3) is 3.24. The molecule has 0 aliphatic carbocycles. The molecule has 5 heteroatoms. The number of hydrogen-bond acceptors (Lipinski definition) is 4. The van der Waals surface area contributed by atoms with Crippen LogP contribution in [0.3, 0.4) is 0 Å². The molecule has 0 radical (unpaired) electrons. The number of nitrogens with zero attached hydrogens (tertiary/aromatic N) is 2. The number of carboxylic acid groups (broad SMARTS) is 1. The van der Waals surface area contributed by atoms with Gasteiger partial charge in [0.25, 0.3) is 0 Å². The van der Waals surface area contributed by atoms with Crippen LogP contribution >= 0.6 is 0 Å². The molecule has 0 fully saturated rings. The number of rotatable bonds is 6. The van der Waals surface area contributed by atoms with Gasteiger partial charge in [-0.2, -0.15) is 0 Å². The average molecular weight is 274 g/mol. The Balaban J connectivity index is 2.22. The van der Waals surface area contributed by atoms with Gasteiger partial charge in [-0.15, -0.1) is 0 Å². The molecule has 1 aromatic heterocycles. The Morgan fingerprint density at radius 1 is 1.30 bits per heavy atom. The van der Waals surface area contributed by atoms with Gasteiger partial charge in [0.05, 0.1) is 12.2 Å². The van der Waals surface area contributed by atoms with E-state index < -0.39 is 5.97 Å². The lowest BCUT2D eigenvalue weighted by molar-refractivity contribution is 0.0698. The van der Waals surface area contributed by atoms with Crippen molar-refractivity contribution in [2.45, 2.75) is 6.42 Å². The summed E-state index contributed by atoms with van der Waals surface area (Å²) in [6.07, 6.45) is 2.25. The van der Waals surface area contributed by atoms with Gasteiger partial charge in [-0.25, -0.2) is 9.78 Å². The molecule has 0 spiro atoms. The predicted molar refractivity (Wildman–Crippen MR) is 77.4 cm³/mol. The molecule has 20 heavy (non-hydrogen) atoms. The van der Waals surface area contributed by atoms with E-state index in [-0.39, 0.29) is 5.56 Å². The molecule has 5 nitrogen and oxygen atoms in total. The predicted octanol–water partition coefficient (Wildman–Crippen LogP) is 2.26. The van der Waals surface area contributed by atoms with Gasteiger partial charge in [-0.05, 0) is 26.6 Å². The topological polar surface area (TPSA) is 62.7 Å². The molecule has 2 rings (SSSR count). The quantitative estimate of drug-likeness (QED) is 0.819. The summed E-state index contributed by atoms with van der Waals surface area (Å²) in [5.41, 5.74) is 0.196. The first-order chi connectivity index (χ1) is 9.59. The number of fused-ring (bicyclic) bond motifs is 1. The number of carboxylic acids is 1. The van der Waals surface area contributed by atoms with Crippen molar-refractivity contribution < 1.29 is 14.6 Å². The SMILES string of the molecule is CN(C)CCCOc1ncc(C(=O)O)c2ccccc12. The van der Waals surface area contributed by atoms with E-state index in [4.69, 9.17) is 9.84 Å². The number of carbonyl (C=O) groups is 1. The molecular weight excluding hydrogens is 256 g/mol. The fourth-order valence-corrected chi connectivity index (χ4v) is 2.00. The minimum absolute atomic E-state index is 0.196. The maximum absolute atomic E-state index is 11.2. The number of hydrogen-bond donors (Lipinski definition) is 1. The Labute approximate surface area is 117 Å². The molecule has 0 atom stereocenters. The van der Waals surface area contributed by atoms with Crippen LogP contribution in [0.25, 0.3) is 10.8 Å². The van der Waals surface area contributed by atoms with Gasteiger partial charge in [-0.1, -0.05) is 18.2 Å². The summed E-state index contributed by atoms with van der Waals surface area (Å²) in [5, 5.41) is 10.5. The summed E-state index contributed by atoms with van der Waals surface area (Å²) < 4.78 is 5.67. The summed E-state index contributed by atoms with van der Waals surface area (Å²) in [7, 11) is 4.02. The Morgan fingerprint density at radius 3 is 2.65 bits per heavy atom. The molecule has 2 aromatic rings. The average Bonchev–Trinajstić information content (AvgIpc) is 2.43. The summed E-state index contributed by atoms with van der Waals surface area (Å²) >= 11 is 0. The largest absolute Gasteiger partial charge is 0.478 e. The van der Waals surface area contributed by atoms with Gasteiger partial charge in [0.2, 0.25) is 5.88 Å². The van der Waals surface area contributed by atoms with Crippen molar-refractivity contribution in [3.63, 3.8) is 0 Å². The van der Waals surface area contributed by atoms with Crippen molar-refractivity contribution in [3.05, 3.63) is 36.0 Å². The maximum atomic E-state index is 11.2. The lowest BCUT2D eigenvalue weighted by atomic mass is 10.1. The normalized spacial score (nSPS) is 10.9. The number of benzene rings is 1. The van der Waals surface area contributed by atoms with E-state index in [0.717, 1.165) is 18.4 Å². The zero-order chi connectivity index (χ0) is 14.5. The third-order valence-corrected chi connectivity index (χ3v) is 2.98. The van der Waals surface area contributed by atoms with Gasteiger partial charge in [0.1, 0.15) is 0 Å². The van der Waals surface area contributed by atoms with Crippen molar-refractivity contribution in [2.24, 2.45) is 0 Å². The number of aromatic nitrogens is 1. The van der Waals surface area contributed by atoms with Gasteiger partial charge >= 0.3 is 5.97 Å². The molecule has 0 unspecified atom stereocenters. The van der Waals surface area contributed by atoms with Gasteiger partial charge in [0.15, 0.2) is 0 Å². The highest BCUT2D eigenvalue weighted by molar-refractivity contribution is 6.04. The van der Waals surface area contributed by atoms with E-state index in [9.17, 15) is 4.79 Å². The summed E-state index contributed by atoms with van der Waals surface area (Å²) in [6.45, 7) is 1.49. The highest BCUT2D eigenvalue weighted by Gasteiger charge is 2.12. The van der Waals surface area contributed by atoms with Crippen LogP contribution in [-0.4, -0.2) is 48.2 Å². The lowest BCUT2D eigenvalue weighted by Gasteiger charge is -2.12. The molecule has 1 aromatic carbocycles.